The molecule has 0 aliphatic heterocycles. The van der Waals surface area contributed by atoms with E-state index in [1.165, 1.54) is 18.3 Å². The first kappa shape index (κ1) is 13.2. The molecule has 1 N–H and O–H groups in total. The summed E-state index contributed by atoms with van der Waals surface area (Å²) >= 11 is 3.19. The molecule has 0 bridgehead atoms. The van der Waals surface area contributed by atoms with Crippen molar-refractivity contribution >= 4 is 27.5 Å². The Morgan fingerprint density at radius 1 is 1.42 bits per heavy atom. The predicted molar refractivity (Wildman–Crippen MR) is 71.0 cm³/mol. The maximum absolute atomic E-state index is 13.6. The molecule has 1 heterocycles. The molecule has 1 aromatic carbocycles. The van der Waals surface area contributed by atoms with E-state index in [0.717, 1.165) is 6.07 Å². The van der Waals surface area contributed by atoms with Crippen LogP contribution < -0.4 is 5.32 Å². The molecule has 0 radical (unpaired) electrons. The third-order valence-corrected chi connectivity index (χ3v) is 2.96. The van der Waals surface area contributed by atoms with E-state index in [0.29, 0.717) is 4.47 Å². The zero-order chi connectivity index (χ0) is 13.8. The molecule has 2 rings (SSSR count). The molecule has 19 heavy (non-hydrogen) atoms. The number of pyridine rings is 1. The van der Waals surface area contributed by atoms with Gasteiger partial charge in [0.1, 0.15) is 11.5 Å². The van der Waals surface area contributed by atoms with E-state index in [-0.39, 0.29) is 16.9 Å². The second-order valence-corrected chi connectivity index (χ2v) is 4.45. The van der Waals surface area contributed by atoms with Gasteiger partial charge in [0.2, 0.25) is 0 Å². The van der Waals surface area contributed by atoms with E-state index in [1.54, 1.807) is 12.1 Å². The first-order chi connectivity index (χ1) is 9.11. The summed E-state index contributed by atoms with van der Waals surface area (Å²) in [5.74, 6) is -1.20. The van der Waals surface area contributed by atoms with Crippen LogP contribution in [-0.4, -0.2) is 10.9 Å². The highest BCUT2D eigenvalue weighted by atomic mass is 79.9. The molecule has 0 aliphatic carbocycles. The maximum atomic E-state index is 13.6. The minimum atomic E-state index is -0.667. The minimum Gasteiger partial charge on any atom is -0.318 e. The van der Waals surface area contributed by atoms with Gasteiger partial charge in [0, 0.05) is 10.7 Å². The molecule has 0 saturated heterocycles. The summed E-state index contributed by atoms with van der Waals surface area (Å²) in [6.07, 6.45) is 1.47. The number of halogens is 2. The summed E-state index contributed by atoms with van der Waals surface area (Å²) in [5.41, 5.74) is 0.349. The third kappa shape index (κ3) is 2.95. The Bertz CT molecular complexity index is 682. The van der Waals surface area contributed by atoms with E-state index in [4.69, 9.17) is 5.26 Å². The number of anilines is 1. The second kappa shape index (κ2) is 5.59. The molecule has 0 saturated carbocycles. The Morgan fingerprint density at radius 2 is 2.21 bits per heavy atom. The lowest BCUT2D eigenvalue weighted by atomic mass is 10.2. The Morgan fingerprint density at radius 3 is 2.84 bits per heavy atom. The van der Waals surface area contributed by atoms with Crippen molar-refractivity contribution in [3.63, 3.8) is 0 Å². The third-order valence-electron chi connectivity index (χ3n) is 2.32. The summed E-state index contributed by atoms with van der Waals surface area (Å²) in [7, 11) is 0. The highest BCUT2D eigenvalue weighted by Gasteiger charge is 2.13. The topological polar surface area (TPSA) is 65.8 Å². The fraction of sp³-hybridized carbons (Fsp3) is 0. The highest BCUT2D eigenvalue weighted by molar-refractivity contribution is 9.10. The Labute approximate surface area is 117 Å². The van der Waals surface area contributed by atoms with Crippen molar-refractivity contribution in [1.29, 1.82) is 5.26 Å². The molecular weight excluding hydrogens is 313 g/mol. The normalized spacial score (nSPS) is 9.74. The molecule has 6 heteroatoms. The van der Waals surface area contributed by atoms with Crippen LogP contribution >= 0.6 is 15.9 Å². The number of benzene rings is 1. The Balaban J connectivity index is 2.25. The van der Waals surface area contributed by atoms with Crippen LogP contribution in [0.1, 0.15) is 16.1 Å². The number of nitriles is 1. The average molecular weight is 320 g/mol. The average Bonchev–Trinajstić information content (AvgIpc) is 2.41. The first-order valence-electron chi connectivity index (χ1n) is 5.23. The number of amides is 1. The number of carbonyl (C=O) groups is 1. The maximum Gasteiger partial charge on any atom is 0.275 e. The van der Waals surface area contributed by atoms with Gasteiger partial charge >= 0.3 is 0 Å². The van der Waals surface area contributed by atoms with Crippen LogP contribution in [0.5, 0.6) is 0 Å². The zero-order valence-electron chi connectivity index (χ0n) is 9.52. The van der Waals surface area contributed by atoms with Crippen molar-refractivity contribution in [1.82, 2.24) is 4.98 Å². The molecule has 0 aliphatic rings. The molecule has 0 unspecified atom stereocenters. The lowest BCUT2D eigenvalue weighted by Gasteiger charge is -2.07. The molecular formula is C13H7BrFN3O. The van der Waals surface area contributed by atoms with E-state index in [1.807, 2.05) is 6.07 Å². The quantitative estimate of drug-likeness (QED) is 0.924. The lowest BCUT2D eigenvalue weighted by molar-refractivity contribution is 0.102. The number of rotatable bonds is 2. The van der Waals surface area contributed by atoms with Gasteiger partial charge < -0.3 is 5.32 Å². The van der Waals surface area contributed by atoms with Crippen molar-refractivity contribution < 1.29 is 9.18 Å². The number of aromatic nitrogens is 1. The number of nitrogens with zero attached hydrogens (tertiary/aromatic N) is 2. The molecule has 0 atom stereocenters. The highest BCUT2D eigenvalue weighted by Crippen LogP contribution is 2.18. The van der Waals surface area contributed by atoms with Crippen LogP contribution in [0, 0.1) is 17.1 Å². The van der Waals surface area contributed by atoms with Gasteiger partial charge in [-0.2, -0.15) is 5.26 Å². The summed E-state index contributed by atoms with van der Waals surface area (Å²) < 4.78 is 14.1. The zero-order valence-corrected chi connectivity index (χ0v) is 11.1. The van der Waals surface area contributed by atoms with Gasteiger partial charge in [0.25, 0.3) is 5.91 Å². The molecule has 1 aromatic heterocycles. The van der Waals surface area contributed by atoms with Gasteiger partial charge in [-0.3, -0.25) is 4.79 Å². The van der Waals surface area contributed by atoms with Crippen molar-refractivity contribution in [3.05, 3.63) is 58.1 Å². The van der Waals surface area contributed by atoms with Gasteiger partial charge in [-0.1, -0.05) is 0 Å². The van der Waals surface area contributed by atoms with Gasteiger partial charge in [-0.25, -0.2) is 9.37 Å². The summed E-state index contributed by atoms with van der Waals surface area (Å²) in [6, 6.07) is 8.97. The van der Waals surface area contributed by atoms with Crippen molar-refractivity contribution in [2.75, 3.05) is 5.32 Å². The van der Waals surface area contributed by atoms with Crippen molar-refractivity contribution in [2.24, 2.45) is 0 Å². The van der Waals surface area contributed by atoms with E-state index < -0.39 is 11.7 Å². The van der Waals surface area contributed by atoms with Crippen LogP contribution in [-0.2, 0) is 0 Å². The van der Waals surface area contributed by atoms with Crippen LogP contribution in [0.25, 0.3) is 0 Å². The van der Waals surface area contributed by atoms with Gasteiger partial charge in [-0.05, 0) is 46.3 Å². The SMILES string of the molecule is N#Cc1ccc(NC(=O)c2ncccc2Br)c(F)c1. The van der Waals surface area contributed by atoms with Crippen LogP contribution in [0.4, 0.5) is 10.1 Å². The predicted octanol–water partition coefficient (Wildman–Crippen LogP) is 3.11. The van der Waals surface area contributed by atoms with Crippen molar-refractivity contribution in [3.8, 4) is 6.07 Å². The summed E-state index contributed by atoms with van der Waals surface area (Å²) in [4.78, 5) is 15.8. The Hall–Kier alpha value is -2.26. The van der Waals surface area contributed by atoms with Crippen LogP contribution in [0.15, 0.2) is 41.0 Å². The standard InChI is InChI=1S/C13H7BrFN3O/c14-9-2-1-5-17-12(9)13(19)18-11-4-3-8(7-16)6-10(11)15/h1-6H,(H,18,19). The summed E-state index contributed by atoms with van der Waals surface area (Å²) in [6.45, 7) is 0. The smallest absolute Gasteiger partial charge is 0.275 e. The molecule has 94 valence electrons. The number of carbonyl (C=O) groups excluding carboxylic acids is 1. The second-order valence-electron chi connectivity index (χ2n) is 3.59. The molecule has 0 fully saturated rings. The lowest BCUT2D eigenvalue weighted by Crippen LogP contribution is -2.15. The van der Waals surface area contributed by atoms with Gasteiger partial charge in [0.15, 0.2) is 0 Å². The van der Waals surface area contributed by atoms with Gasteiger partial charge in [-0.15, -0.1) is 0 Å². The Kier molecular flexibility index (Phi) is 3.88. The number of nitrogens with one attached hydrogen (secondary N) is 1. The van der Waals surface area contributed by atoms with Gasteiger partial charge in [0.05, 0.1) is 17.3 Å². The largest absolute Gasteiger partial charge is 0.318 e. The molecule has 0 spiro atoms. The fourth-order valence-electron chi connectivity index (χ4n) is 1.42. The van der Waals surface area contributed by atoms with E-state index in [9.17, 15) is 9.18 Å². The van der Waals surface area contributed by atoms with Crippen molar-refractivity contribution in [2.45, 2.75) is 0 Å². The molecule has 4 nitrogen and oxygen atoms in total. The molecule has 1 amide bonds. The van der Waals surface area contributed by atoms with E-state index in [2.05, 4.69) is 26.2 Å². The minimum absolute atomic E-state index is 0.00144. The van der Waals surface area contributed by atoms with Crippen LogP contribution in [0.2, 0.25) is 0 Å². The first-order valence-corrected chi connectivity index (χ1v) is 6.02. The fourth-order valence-corrected chi connectivity index (χ4v) is 1.86. The van der Waals surface area contributed by atoms with E-state index >= 15 is 0 Å². The monoisotopic (exact) mass is 319 g/mol. The number of hydrogen-bond acceptors (Lipinski definition) is 3. The number of hydrogen-bond donors (Lipinski definition) is 1. The molecule has 2 aromatic rings. The van der Waals surface area contributed by atoms with Crippen LogP contribution in [0.3, 0.4) is 0 Å². The summed E-state index contributed by atoms with van der Waals surface area (Å²) in [5, 5.41) is 11.0.